The second-order valence-electron chi connectivity index (χ2n) is 5.03. The lowest BCUT2D eigenvalue weighted by atomic mass is 10.0. The Balaban J connectivity index is 2.29. The molecule has 0 aliphatic rings. The van der Waals surface area contributed by atoms with Gasteiger partial charge in [0.25, 0.3) is 0 Å². The third kappa shape index (κ3) is 5.61. The lowest BCUT2D eigenvalue weighted by molar-refractivity contribution is 0.468. The van der Waals surface area contributed by atoms with Gasteiger partial charge in [-0.25, -0.2) is 0 Å². The molecule has 1 heterocycles. The van der Waals surface area contributed by atoms with Crippen molar-refractivity contribution < 1.29 is 0 Å². The van der Waals surface area contributed by atoms with Crippen LogP contribution in [-0.2, 0) is 0 Å². The van der Waals surface area contributed by atoms with Crippen molar-refractivity contribution in [3.8, 4) is 0 Å². The van der Waals surface area contributed by atoms with Crippen LogP contribution in [0.15, 0.2) is 18.3 Å². The molecule has 0 aliphatic heterocycles. The number of hydrazine groups is 1. The van der Waals surface area contributed by atoms with Gasteiger partial charge in [-0.15, -0.1) is 0 Å². The van der Waals surface area contributed by atoms with E-state index in [1.54, 1.807) is 0 Å². The van der Waals surface area contributed by atoms with Crippen molar-refractivity contribution >= 4 is 0 Å². The highest BCUT2D eigenvalue weighted by Crippen LogP contribution is 2.18. The molecule has 3 N–H and O–H groups in total. The lowest BCUT2D eigenvalue weighted by Crippen LogP contribution is -2.28. The molecule has 102 valence electrons. The van der Waals surface area contributed by atoms with Crippen LogP contribution in [0.3, 0.4) is 0 Å². The summed E-state index contributed by atoms with van der Waals surface area (Å²) in [5.41, 5.74) is 5.19. The zero-order valence-electron chi connectivity index (χ0n) is 11.8. The summed E-state index contributed by atoms with van der Waals surface area (Å²) in [6.07, 6.45) is 10.8. The zero-order chi connectivity index (χ0) is 13.2. The molecule has 1 rings (SSSR count). The van der Waals surface area contributed by atoms with Crippen molar-refractivity contribution in [1.29, 1.82) is 0 Å². The van der Waals surface area contributed by atoms with E-state index in [4.69, 9.17) is 5.84 Å². The van der Waals surface area contributed by atoms with Gasteiger partial charge in [0.2, 0.25) is 0 Å². The molecular formula is C15H27N3. The molecule has 0 bridgehead atoms. The molecular weight excluding hydrogens is 222 g/mol. The van der Waals surface area contributed by atoms with Gasteiger partial charge in [-0.1, -0.05) is 45.4 Å². The second-order valence-corrected chi connectivity index (χ2v) is 5.03. The second kappa shape index (κ2) is 9.06. The Bertz CT molecular complexity index is 325. The largest absolute Gasteiger partial charge is 0.271 e. The molecule has 0 fully saturated rings. The number of unbranched alkanes of at least 4 members (excludes halogenated alkanes) is 5. The smallest absolute Gasteiger partial charge is 0.0632 e. The fraction of sp³-hybridized carbons (Fsp3) is 0.667. The van der Waals surface area contributed by atoms with Crippen LogP contribution < -0.4 is 11.3 Å². The third-order valence-corrected chi connectivity index (χ3v) is 3.34. The number of nitrogens with one attached hydrogen (secondary N) is 1. The SMILES string of the molecule is CCCCCCCCC(NN)c1cc(C)ccn1. The summed E-state index contributed by atoms with van der Waals surface area (Å²) in [5.74, 6) is 5.63. The van der Waals surface area contributed by atoms with Crippen molar-refractivity contribution in [2.45, 2.75) is 64.8 Å². The van der Waals surface area contributed by atoms with E-state index in [-0.39, 0.29) is 6.04 Å². The lowest BCUT2D eigenvalue weighted by Gasteiger charge is -2.15. The summed E-state index contributed by atoms with van der Waals surface area (Å²) in [6.45, 7) is 4.33. The Kier molecular flexibility index (Phi) is 7.62. The molecule has 0 amide bonds. The van der Waals surface area contributed by atoms with E-state index < -0.39 is 0 Å². The fourth-order valence-electron chi connectivity index (χ4n) is 2.20. The molecule has 18 heavy (non-hydrogen) atoms. The predicted molar refractivity (Wildman–Crippen MR) is 77.0 cm³/mol. The number of hydrogen-bond donors (Lipinski definition) is 2. The van der Waals surface area contributed by atoms with Crippen LogP contribution in [0.25, 0.3) is 0 Å². The van der Waals surface area contributed by atoms with E-state index in [0.717, 1.165) is 12.1 Å². The van der Waals surface area contributed by atoms with E-state index in [0.29, 0.717) is 0 Å². The molecule has 0 radical (unpaired) electrons. The average molecular weight is 249 g/mol. The highest BCUT2D eigenvalue weighted by molar-refractivity contribution is 5.17. The Morgan fingerprint density at radius 3 is 2.61 bits per heavy atom. The van der Waals surface area contributed by atoms with Gasteiger partial charge in [-0.3, -0.25) is 16.3 Å². The molecule has 0 aliphatic carbocycles. The van der Waals surface area contributed by atoms with Gasteiger partial charge in [-0.05, 0) is 31.0 Å². The number of pyridine rings is 1. The van der Waals surface area contributed by atoms with Crippen molar-refractivity contribution in [2.24, 2.45) is 5.84 Å². The standard InChI is InChI=1S/C15H27N3/c1-3-4-5-6-7-8-9-14(18-16)15-12-13(2)10-11-17-15/h10-12,14,18H,3-9,16H2,1-2H3. The summed E-state index contributed by atoms with van der Waals surface area (Å²) in [4.78, 5) is 4.40. The van der Waals surface area contributed by atoms with Gasteiger partial charge in [0.15, 0.2) is 0 Å². The molecule has 1 unspecified atom stereocenters. The van der Waals surface area contributed by atoms with E-state index in [1.807, 2.05) is 12.3 Å². The van der Waals surface area contributed by atoms with Crippen molar-refractivity contribution in [2.75, 3.05) is 0 Å². The molecule has 3 heteroatoms. The van der Waals surface area contributed by atoms with Crippen molar-refractivity contribution in [3.63, 3.8) is 0 Å². The molecule has 0 aromatic carbocycles. The maximum Gasteiger partial charge on any atom is 0.0632 e. The monoisotopic (exact) mass is 249 g/mol. The molecule has 1 aromatic rings. The Morgan fingerprint density at radius 1 is 1.22 bits per heavy atom. The quantitative estimate of drug-likeness (QED) is 0.399. The van der Waals surface area contributed by atoms with Gasteiger partial charge in [-0.2, -0.15) is 0 Å². The van der Waals surface area contributed by atoms with Crippen molar-refractivity contribution in [3.05, 3.63) is 29.6 Å². The Hall–Kier alpha value is -0.930. The van der Waals surface area contributed by atoms with E-state index in [2.05, 4.69) is 30.3 Å². The molecule has 0 saturated heterocycles. The van der Waals surface area contributed by atoms with Crippen LogP contribution in [0, 0.1) is 6.92 Å². The number of aryl methyl sites for hydroxylation is 1. The molecule has 0 spiro atoms. The van der Waals surface area contributed by atoms with E-state index in [9.17, 15) is 0 Å². The van der Waals surface area contributed by atoms with Crippen LogP contribution in [0.1, 0.15) is 69.2 Å². The maximum absolute atomic E-state index is 5.63. The minimum Gasteiger partial charge on any atom is -0.271 e. The van der Waals surface area contributed by atoms with Crippen LogP contribution >= 0.6 is 0 Å². The Morgan fingerprint density at radius 2 is 1.94 bits per heavy atom. The van der Waals surface area contributed by atoms with Crippen molar-refractivity contribution in [1.82, 2.24) is 10.4 Å². The third-order valence-electron chi connectivity index (χ3n) is 3.34. The maximum atomic E-state index is 5.63. The first-order valence-electron chi connectivity index (χ1n) is 7.16. The first-order chi connectivity index (χ1) is 8.77. The predicted octanol–water partition coefficient (Wildman–Crippen LogP) is 3.65. The number of aromatic nitrogens is 1. The summed E-state index contributed by atoms with van der Waals surface area (Å²) in [6, 6.07) is 4.32. The normalized spacial score (nSPS) is 12.6. The molecule has 1 atom stereocenters. The van der Waals surface area contributed by atoms with E-state index >= 15 is 0 Å². The van der Waals surface area contributed by atoms with Gasteiger partial charge in [0.05, 0.1) is 11.7 Å². The number of rotatable bonds is 9. The molecule has 0 saturated carbocycles. The first kappa shape index (κ1) is 15.1. The number of hydrogen-bond acceptors (Lipinski definition) is 3. The highest BCUT2D eigenvalue weighted by atomic mass is 15.2. The average Bonchev–Trinajstić information content (AvgIpc) is 2.38. The minimum absolute atomic E-state index is 0.191. The Labute approximate surface area is 111 Å². The summed E-state index contributed by atoms with van der Waals surface area (Å²) in [7, 11) is 0. The molecule has 1 aromatic heterocycles. The van der Waals surface area contributed by atoms with Gasteiger partial charge < -0.3 is 0 Å². The summed E-state index contributed by atoms with van der Waals surface area (Å²) < 4.78 is 0. The van der Waals surface area contributed by atoms with Gasteiger partial charge in [0, 0.05) is 6.20 Å². The fourth-order valence-corrected chi connectivity index (χ4v) is 2.20. The number of nitrogens with zero attached hydrogens (tertiary/aromatic N) is 1. The first-order valence-corrected chi connectivity index (χ1v) is 7.16. The van der Waals surface area contributed by atoms with Gasteiger partial charge >= 0.3 is 0 Å². The minimum atomic E-state index is 0.191. The zero-order valence-corrected chi connectivity index (χ0v) is 11.8. The topological polar surface area (TPSA) is 50.9 Å². The number of nitrogens with two attached hydrogens (primary N) is 1. The van der Waals surface area contributed by atoms with Crippen LogP contribution in [-0.4, -0.2) is 4.98 Å². The summed E-state index contributed by atoms with van der Waals surface area (Å²) in [5, 5.41) is 0. The summed E-state index contributed by atoms with van der Waals surface area (Å²) >= 11 is 0. The van der Waals surface area contributed by atoms with Crippen LogP contribution in [0.2, 0.25) is 0 Å². The van der Waals surface area contributed by atoms with E-state index in [1.165, 1.54) is 44.1 Å². The highest BCUT2D eigenvalue weighted by Gasteiger charge is 2.10. The van der Waals surface area contributed by atoms with Crippen LogP contribution in [0.5, 0.6) is 0 Å². The van der Waals surface area contributed by atoms with Gasteiger partial charge in [0.1, 0.15) is 0 Å². The van der Waals surface area contributed by atoms with Crippen LogP contribution in [0.4, 0.5) is 0 Å². The molecule has 3 nitrogen and oxygen atoms in total.